The van der Waals surface area contributed by atoms with Gasteiger partial charge in [0, 0.05) is 5.75 Å². The van der Waals surface area contributed by atoms with Gasteiger partial charge in [-0.2, -0.15) is 0 Å². The van der Waals surface area contributed by atoms with Gasteiger partial charge in [-0.1, -0.05) is 19.8 Å². The lowest BCUT2D eigenvalue weighted by atomic mass is 10.2. The SMILES string of the molecule is CCCCC1CSC(C(=O)OC)=C(C)O1. The molecule has 1 heterocycles. The van der Waals surface area contributed by atoms with Crippen LogP contribution < -0.4 is 0 Å². The number of ether oxygens (including phenoxy) is 2. The Kier molecular flexibility index (Phi) is 5.02. The Labute approximate surface area is 95.2 Å². The third-order valence-corrected chi connectivity index (χ3v) is 3.61. The highest BCUT2D eigenvalue weighted by atomic mass is 32.2. The molecule has 0 N–H and O–H groups in total. The van der Waals surface area contributed by atoms with Crippen LogP contribution in [0.2, 0.25) is 0 Å². The molecule has 0 radical (unpaired) electrons. The van der Waals surface area contributed by atoms with E-state index >= 15 is 0 Å². The van der Waals surface area contributed by atoms with Crippen LogP contribution in [0, 0.1) is 0 Å². The van der Waals surface area contributed by atoms with Gasteiger partial charge < -0.3 is 9.47 Å². The first-order valence-corrected chi connectivity index (χ1v) is 6.26. The van der Waals surface area contributed by atoms with Crippen LogP contribution in [0.25, 0.3) is 0 Å². The summed E-state index contributed by atoms with van der Waals surface area (Å²) in [4.78, 5) is 11.9. The van der Waals surface area contributed by atoms with Crippen molar-refractivity contribution in [3.63, 3.8) is 0 Å². The van der Waals surface area contributed by atoms with Crippen LogP contribution >= 0.6 is 11.8 Å². The maximum absolute atomic E-state index is 11.3. The second kappa shape index (κ2) is 6.05. The van der Waals surface area contributed by atoms with Crippen LogP contribution in [-0.2, 0) is 14.3 Å². The fraction of sp³-hybridized carbons (Fsp3) is 0.727. The molecule has 86 valence electrons. The van der Waals surface area contributed by atoms with Crippen LogP contribution in [-0.4, -0.2) is 24.9 Å². The zero-order valence-electron chi connectivity index (χ0n) is 9.54. The molecule has 0 amide bonds. The average Bonchev–Trinajstić information content (AvgIpc) is 2.25. The van der Waals surface area contributed by atoms with E-state index in [9.17, 15) is 4.79 Å². The lowest BCUT2D eigenvalue weighted by Crippen LogP contribution is -2.22. The molecule has 4 heteroatoms. The van der Waals surface area contributed by atoms with E-state index in [4.69, 9.17) is 4.74 Å². The second-order valence-electron chi connectivity index (χ2n) is 3.57. The molecule has 0 aliphatic carbocycles. The smallest absolute Gasteiger partial charge is 0.347 e. The molecule has 1 atom stereocenters. The Balaban J connectivity index is 2.53. The van der Waals surface area contributed by atoms with Crippen LogP contribution in [0.3, 0.4) is 0 Å². The second-order valence-corrected chi connectivity index (χ2v) is 4.60. The summed E-state index contributed by atoms with van der Waals surface area (Å²) >= 11 is 1.54. The Hall–Kier alpha value is -0.640. The normalized spacial score (nSPS) is 21.1. The molecular formula is C11H18O3S. The fourth-order valence-corrected chi connectivity index (χ4v) is 2.52. The number of esters is 1. The molecule has 0 fully saturated rings. The van der Waals surface area contributed by atoms with Crippen molar-refractivity contribution >= 4 is 17.7 Å². The van der Waals surface area contributed by atoms with Crippen molar-refractivity contribution in [2.45, 2.75) is 39.2 Å². The Morgan fingerprint density at radius 1 is 1.67 bits per heavy atom. The van der Waals surface area contributed by atoms with Crippen molar-refractivity contribution < 1.29 is 14.3 Å². The van der Waals surface area contributed by atoms with Crippen molar-refractivity contribution in [2.24, 2.45) is 0 Å². The maximum Gasteiger partial charge on any atom is 0.347 e. The number of unbranched alkanes of at least 4 members (excludes halogenated alkanes) is 1. The van der Waals surface area contributed by atoms with Gasteiger partial charge in [-0.25, -0.2) is 4.79 Å². The van der Waals surface area contributed by atoms with Gasteiger partial charge in [-0.15, -0.1) is 11.8 Å². The highest BCUT2D eigenvalue weighted by molar-refractivity contribution is 8.04. The quantitative estimate of drug-likeness (QED) is 0.696. The third kappa shape index (κ3) is 3.45. The summed E-state index contributed by atoms with van der Waals surface area (Å²) in [7, 11) is 1.40. The molecule has 0 aromatic heterocycles. The van der Waals surface area contributed by atoms with Crippen molar-refractivity contribution in [3.05, 3.63) is 10.7 Å². The summed E-state index contributed by atoms with van der Waals surface area (Å²) < 4.78 is 10.4. The minimum Gasteiger partial charge on any atom is -0.493 e. The van der Waals surface area contributed by atoms with E-state index in [1.165, 1.54) is 20.0 Å². The van der Waals surface area contributed by atoms with E-state index in [0.717, 1.165) is 12.2 Å². The highest BCUT2D eigenvalue weighted by Crippen LogP contribution is 2.31. The number of allylic oxidation sites excluding steroid dienone is 1. The van der Waals surface area contributed by atoms with Gasteiger partial charge in [0.15, 0.2) is 0 Å². The van der Waals surface area contributed by atoms with Crippen molar-refractivity contribution in [3.8, 4) is 0 Å². The number of rotatable bonds is 4. The Morgan fingerprint density at radius 2 is 2.40 bits per heavy atom. The van der Waals surface area contributed by atoms with Crippen molar-refractivity contribution in [1.29, 1.82) is 0 Å². The molecule has 0 spiro atoms. The lowest BCUT2D eigenvalue weighted by molar-refractivity contribution is -0.135. The molecule has 1 unspecified atom stereocenters. The zero-order valence-corrected chi connectivity index (χ0v) is 10.4. The predicted octanol–water partition coefficient (Wildman–Crippen LogP) is 2.71. The summed E-state index contributed by atoms with van der Waals surface area (Å²) in [6.45, 7) is 4.00. The number of hydrogen-bond acceptors (Lipinski definition) is 4. The summed E-state index contributed by atoms with van der Waals surface area (Å²) in [5, 5.41) is 0. The van der Waals surface area contributed by atoms with Crippen LogP contribution in [0.1, 0.15) is 33.1 Å². The van der Waals surface area contributed by atoms with Gasteiger partial charge in [-0.05, 0) is 13.3 Å². The minimum atomic E-state index is -0.286. The maximum atomic E-state index is 11.3. The van der Waals surface area contributed by atoms with Crippen LogP contribution in [0.5, 0.6) is 0 Å². The van der Waals surface area contributed by atoms with E-state index in [0.29, 0.717) is 10.7 Å². The van der Waals surface area contributed by atoms with E-state index in [1.54, 1.807) is 11.8 Å². The number of methoxy groups -OCH3 is 1. The average molecular weight is 230 g/mol. The molecule has 0 aromatic carbocycles. The van der Waals surface area contributed by atoms with Crippen LogP contribution in [0.15, 0.2) is 10.7 Å². The molecule has 3 nitrogen and oxygen atoms in total. The molecule has 1 rings (SSSR count). The highest BCUT2D eigenvalue weighted by Gasteiger charge is 2.24. The molecule has 1 aliphatic rings. The predicted molar refractivity (Wildman–Crippen MR) is 61.6 cm³/mol. The van der Waals surface area contributed by atoms with Gasteiger partial charge >= 0.3 is 5.97 Å². The number of hydrogen-bond donors (Lipinski definition) is 0. The molecule has 0 saturated carbocycles. The molecule has 0 bridgehead atoms. The van der Waals surface area contributed by atoms with E-state index in [-0.39, 0.29) is 12.1 Å². The molecule has 0 aromatic rings. The van der Waals surface area contributed by atoms with Gasteiger partial charge in [0.2, 0.25) is 0 Å². The molecule has 15 heavy (non-hydrogen) atoms. The summed E-state index contributed by atoms with van der Waals surface area (Å²) in [6.07, 6.45) is 3.67. The van der Waals surface area contributed by atoms with Gasteiger partial charge in [0.05, 0.1) is 7.11 Å². The lowest BCUT2D eigenvalue weighted by Gasteiger charge is -2.25. The summed E-state index contributed by atoms with van der Waals surface area (Å²) in [5.74, 6) is 1.27. The number of carbonyl (C=O) groups excluding carboxylic acids is 1. The van der Waals surface area contributed by atoms with Gasteiger partial charge in [0.1, 0.15) is 16.8 Å². The minimum absolute atomic E-state index is 0.253. The van der Waals surface area contributed by atoms with Gasteiger partial charge in [-0.3, -0.25) is 0 Å². The first-order valence-electron chi connectivity index (χ1n) is 5.27. The molecular weight excluding hydrogens is 212 g/mol. The van der Waals surface area contributed by atoms with Crippen LogP contribution in [0.4, 0.5) is 0 Å². The first kappa shape index (κ1) is 12.4. The van der Waals surface area contributed by atoms with Crippen molar-refractivity contribution in [2.75, 3.05) is 12.9 Å². The summed E-state index contributed by atoms with van der Waals surface area (Å²) in [5.41, 5.74) is 0. The number of thioether (sulfide) groups is 1. The first-order chi connectivity index (χ1) is 7.19. The van der Waals surface area contributed by atoms with Gasteiger partial charge in [0.25, 0.3) is 0 Å². The van der Waals surface area contributed by atoms with E-state index < -0.39 is 0 Å². The molecule has 0 saturated heterocycles. The zero-order chi connectivity index (χ0) is 11.3. The fourth-order valence-electron chi connectivity index (χ4n) is 1.48. The van der Waals surface area contributed by atoms with Crippen molar-refractivity contribution in [1.82, 2.24) is 0 Å². The Bertz CT molecular complexity index is 261. The third-order valence-electron chi connectivity index (χ3n) is 2.33. The van der Waals surface area contributed by atoms with E-state index in [1.807, 2.05) is 6.92 Å². The summed E-state index contributed by atoms with van der Waals surface area (Å²) in [6, 6.07) is 0. The monoisotopic (exact) mass is 230 g/mol. The standard InChI is InChI=1S/C11H18O3S/c1-4-5-6-9-7-15-10(8(2)14-9)11(12)13-3/h9H,4-7H2,1-3H3. The molecule has 1 aliphatic heterocycles. The van der Waals surface area contributed by atoms with E-state index in [2.05, 4.69) is 11.7 Å². The topological polar surface area (TPSA) is 35.5 Å². The largest absolute Gasteiger partial charge is 0.493 e. The number of carbonyl (C=O) groups is 1. The Morgan fingerprint density at radius 3 is 2.93 bits per heavy atom.